The van der Waals surface area contributed by atoms with Crippen LogP contribution in [0, 0.1) is 0 Å². The van der Waals surface area contributed by atoms with Gasteiger partial charge >= 0.3 is 22.3 Å². The third kappa shape index (κ3) is 6.25. The molecule has 198 valence electrons. The van der Waals surface area contributed by atoms with Crippen LogP contribution in [-0.4, -0.2) is 25.4 Å². The van der Waals surface area contributed by atoms with Crippen LogP contribution in [-0.2, 0) is 22.8 Å². The SMILES string of the molecule is CC(C)N(Cc1ccc(OS(=O)(=O)c2cccc(C(F)(F)F)c2)cc1)C(=O)Nc1cccc2ccccc12. The quantitative estimate of drug-likeness (QED) is 0.254. The highest BCUT2D eigenvalue weighted by Crippen LogP contribution is 2.31. The molecule has 0 aliphatic rings. The number of hydrogen-bond acceptors (Lipinski definition) is 4. The summed E-state index contributed by atoms with van der Waals surface area (Å²) < 4.78 is 69.0. The molecule has 0 aromatic heterocycles. The molecule has 0 aliphatic heterocycles. The highest BCUT2D eigenvalue weighted by molar-refractivity contribution is 7.87. The Bertz CT molecular complexity index is 1550. The first-order valence-corrected chi connectivity index (χ1v) is 13.1. The van der Waals surface area contributed by atoms with Crippen molar-refractivity contribution in [2.45, 2.75) is 37.5 Å². The summed E-state index contributed by atoms with van der Waals surface area (Å²) >= 11 is 0. The number of carbonyl (C=O) groups excluding carboxylic acids is 1. The van der Waals surface area contributed by atoms with E-state index in [4.69, 9.17) is 4.18 Å². The van der Waals surface area contributed by atoms with E-state index in [9.17, 15) is 26.4 Å². The van der Waals surface area contributed by atoms with E-state index in [1.807, 2.05) is 56.3 Å². The zero-order valence-corrected chi connectivity index (χ0v) is 21.4. The molecule has 0 saturated heterocycles. The third-order valence-electron chi connectivity index (χ3n) is 5.85. The minimum Gasteiger partial charge on any atom is -0.379 e. The number of anilines is 1. The lowest BCUT2D eigenvalue weighted by atomic mass is 10.1. The molecule has 0 fully saturated rings. The number of amides is 2. The number of hydrogen-bond donors (Lipinski definition) is 1. The first-order valence-electron chi connectivity index (χ1n) is 11.7. The van der Waals surface area contributed by atoms with Crippen LogP contribution in [0.25, 0.3) is 10.8 Å². The number of halogens is 3. The molecule has 0 atom stereocenters. The maximum Gasteiger partial charge on any atom is 0.416 e. The lowest BCUT2D eigenvalue weighted by molar-refractivity contribution is -0.137. The zero-order chi connectivity index (χ0) is 27.5. The van der Waals surface area contributed by atoms with Gasteiger partial charge in [-0.25, -0.2) is 4.79 Å². The van der Waals surface area contributed by atoms with Gasteiger partial charge in [0, 0.05) is 18.0 Å². The fourth-order valence-corrected chi connectivity index (χ4v) is 4.84. The van der Waals surface area contributed by atoms with Gasteiger partial charge < -0.3 is 14.4 Å². The number of benzene rings is 4. The summed E-state index contributed by atoms with van der Waals surface area (Å²) in [5.74, 6) is -0.0672. The van der Waals surface area contributed by atoms with Gasteiger partial charge in [-0.1, -0.05) is 54.6 Å². The maximum absolute atomic E-state index is 13.1. The number of urea groups is 1. The van der Waals surface area contributed by atoms with E-state index < -0.39 is 26.8 Å². The van der Waals surface area contributed by atoms with Gasteiger partial charge in [0.1, 0.15) is 10.6 Å². The summed E-state index contributed by atoms with van der Waals surface area (Å²) in [6.07, 6.45) is -4.69. The third-order valence-corrected chi connectivity index (χ3v) is 7.09. The minimum absolute atomic E-state index is 0.0672. The van der Waals surface area contributed by atoms with Crippen LogP contribution < -0.4 is 9.50 Å². The predicted octanol–water partition coefficient (Wildman–Crippen LogP) is 7.07. The van der Waals surface area contributed by atoms with Crippen LogP contribution in [0.5, 0.6) is 5.75 Å². The van der Waals surface area contributed by atoms with Crippen LogP contribution in [0.2, 0.25) is 0 Å². The van der Waals surface area contributed by atoms with E-state index in [1.165, 1.54) is 12.1 Å². The van der Waals surface area contributed by atoms with Gasteiger partial charge in [0.25, 0.3) is 0 Å². The Labute approximate surface area is 218 Å². The number of alkyl halides is 3. The molecule has 6 nitrogen and oxygen atoms in total. The molecule has 0 radical (unpaired) electrons. The molecule has 4 aromatic rings. The van der Waals surface area contributed by atoms with E-state index >= 15 is 0 Å². The monoisotopic (exact) mass is 542 g/mol. The molecule has 1 N–H and O–H groups in total. The van der Waals surface area contributed by atoms with Gasteiger partial charge in [-0.05, 0) is 61.2 Å². The fraction of sp³-hybridized carbons (Fsp3) is 0.179. The second-order valence-corrected chi connectivity index (χ2v) is 10.4. The molecule has 4 rings (SSSR count). The van der Waals surface area contributed by atoms with Crippen LogP contribution >= 0.6 is 0 Å². The molecule has 0 aliphatic carbocycles. The van der Waals surface area contributed by atoms with Crippen molar-refractivity contribution in [2.75, 3.05) is 5.32 Å². The van der Waals surface area contributed by atoms with Crippen molar-refractivity contribution in [3.8, 4) is 5.75 Å². The van der Waals surface area contributed by atoms with Crippen molar-refractivity contribution < 1.29 is 30.6 Å². The topological polar surface area (TPSA) is 75.7 Å². The summed E-state index contributed by atoms with van der Waals surface area (Å²) in [7, 11) is -4.49. The second kappa shape index (κ2) is 10.7. The van der Waals surface area contributed by atoms with E-state index in [0.717, 1.165) is 29.0 Å². The van der Waals surface area contributed by atoms with Gasteiger partial charge in [-0.2, -0.15) is 21.6 Å². The van der Waals surface area contributed by atoms with E-state index in [1.54, 1.807) is 17.0 Å². The van der Waals surface area contributed by atoms with Gasteiger partial charge in [0.05, 0.1) is 11.3 Å². The van der Waals surface area contributed by atoms with Crippen molar-refractivity contribution in [3.05, 3.63) is 102 Å². The van der Waals surface area contributed by atoms with Crippen LogP contribution in [0.3, 0.4) is 0 Å². The van der Waals surface area contributed by atoms with E-state index in [2.05, 4.69) is 5.32 Å². The fourth-order valence-electron chi connectivity index (χ4n) is 3.86. The zero-order valence-electron chi connectivity index (χ0n) is 20.6. The summed E-state index contributed by atoms with van der Waals surface area (Å²) in [5, 5.41) is 4.88. The van der Waals surface area contributed by atoms with Crippen molar-refractivity contribution >= 4 is 32.6 Å². The van der Waals surface area contributed by atoms with Crippen LogP contribution in [0.15, 0.2) is 95.9 Å². The molecule has 0 saturated carbocycles. The maximum atomic E-state index is 13.1. The number of nitrogens with zero attached hydrogens (tertiary/aromatic N) is 1. The molecular formula is C28H25F3N2O4S. The molecular weight excluding hydrogens is 517 g/mol. The summed E-state index contributed by atoms with van der Waals surface area (Å²) in [5.41, 5.74) is 0.297. The Morgan fingerprint density at radius 3 is 2.26 bits per heavy atom. The highest BCUT2D eigenvalue weighted by atomic mass is 32.2. The largest absolute Gasteiger partial charge is 0.416 e. The molecule has 0 spiro atoms. The van der Waals surface area contributed by atoms with Crippen molar-refractivity contribution in [1.82, 2.24) is 4.90 Å². The second-order valence-electron chi connectivity index (χ2n) is 8.89. The molecule has 10 heteroatoms. The predicted molar refractivity (Wildman–Crippen MR) is 139 cm³/mol. The Kier molecular flexibility index (Phi) is 7.63. The Morgan fingerprint density at radius 1 is 0.921 bits per heavy atom. The van der Waals surface area contributed by atoms with Crippen molar-refractivity contribution in [3.63, 3.8) is 0 Å². The Balaban J connectivity index is 1.47. The van der Waals surface area contributed by atoms with Gasteiger partial charge in [-0.15, -0.1) is 0 Å². The molecule has 0 bridgehead atoms. The Morgan fingerprint density at radius 2 is 1.58 bits per heavy atom. The van der Waals surface area contributed by atoms with Gasteiger partial charge in [-0.3, -0.25) is 0 Å². The van der Waals surface area contributed by atoms with Crippen LogP contribution in [0.4, 0.5) is 23.7 Å². The summed E-state index contributed by atoms with van der Waals surface area (Å²) in [4.78, 5) is 14.2. The van der Waals surface area contributed by atoms with E-state index in [-0.39, 0.29) is 24.4 Å². The number of carbonyl (C=O) groups is 1. The molecule has 2 amide bonds. The normalized spacial score (nSPS) is 11.9. The average molecular weight is 543 g/mol. The van der Waals surface area contributed by atoms with E-state index in [0.29, 0.717) is 17.3 Å². The number of fused-ring (bicyclic) bond motifs is 1. The lowest BCUT2D eigenvalue weighted by Gasteiger charge is -2.27. The molecule has 0 unspecified atom stereocenters. The average Bonchev–Trinajstić information content (AvgIpc) is 2.87. The minimum atomic E-state index is -4.69. The number of rotatable bonds is 7. The van der Waals surface area contributed by atoms with Crippen molar-refractivity contribution in [1.29, 1.82) is 0 Å². The highest BCUT2D eigenvalue weighted by Gasteiger charge is 2.32. The lowest BCUT2D eigenvalue weighted by Crippen LogP contribution is -2.39. The smallest absolute Gasteiger partial charge is 0.379 e. The van der Waals surface area contributed by atoms with Crippen molar-refractivity contribution in [2.24, 2.45) is 0 Å². The van der Waals surface area contributed by atoms with Gasteiger partial charge in [0.2, 0.25) is 0 Å². The van der Waals surface area contributed by atoms with Gasteiger partial charge in [0.15, 0.2) is 0 Å². The Hall–Kier alpha value is -4.05. The summed E-state index contributed by atoms with van der Waals surface area (Å²) in [6, 6.07) is 22.2. The summed E-state index contributed by atoms with van der Waals surface area (Å²) in [6.45, 7) is 3.98. The standard InChI is InChI=1S/C28H25F3N2O4S/c1-19(2)33(27(34)32-26-12-5-8-21-7-3-4-11-25(21)26)18-20-13-15-23(16-14-20)37-38(35,36)24-10-6-9-22(17-24)28(29,30)31/h3-17,19H,18H2,1-2H3,(H,32,34). The van der Waals surface area contributed by atoms with Crippen LogP contribution in [0.1, 0.15) is 25.0 Å². The molecule has 0 heterocycles. The first-order chi connectivity index (χ1) is 17.9. The molecule has 4 aromatic carbocycles. The first kappa shape index (κ1) is 27.0. The number of nitrogens with one attached hydrogen (secondary N) is 1. The molecule has 38 heavy (non-hydrogen) atoms.